The molecule has 2 aromatic rings. The van der Waals surface area contributed by atoms with Crippen molar-refractivity contribution in [1.82, 2.24) is 19.9 Å². The van der Waals surface area contributed by atoms with Gasteiger partial charge in [0.15, 0.2) is 0 Å². The molecule has 0 unspecified atom stereocenters. The minimum atomic E-state index is -0.0695. The Morgan fingerprint density at radius 3 is 3.00 bits per heavy atom. The highest BCUT2D eigenvalue weighted by molar-refractivity contribution is 5.92. The van der Waals surface area contributed by atoms with Crippen LogP contribution in [0.25, 0.3) is 0 Å². The molecule has 1 saturated carbocycles. The Bertz CT molecular complexity index is 539. The molecule has 18 heavy (non-hydrogen) atoms. The second-order valence-corrected chi connectivity index (χ2v) is 4.77. The maximum atomic E-state index is 12.1. The fraction of sp³-hybridized carbons (Fsp3) is 0.385. The topological polar surface area (TPSA) is 62.7 Å². The molecule has 1 fully saturated rings. The molecule has 0 radical (unpaired) electrons. The van der Waals surface area contributed by atoms with Gasteiger partial charge in [0.1, 0.15) is 11.5 Å². The van der Waals surface area contributed by atoms with E-state index in [0.29, 0.717) is 11.6 Å². The Morgan fingerprint density at radius 2 is 2.44 bits per heavy atom. The van der Waals surface area contributed by atoms with E-state index in [2.05, 4.69) is 15.3 Å². The molecule has 5 heteroatoms. The minimum absolute atomic E-state index is 0.0146. The molecule has 0 aliphatic heterocycles. The molecule has 2 heterocycles. The summed E-state index contributed by atoms with van der Waals surface area (Å²) in [4.78, 5) is 19.3. The predicted octanol–water partition coefficient (Wildman–Crippen LogP) is 1.63. The second-order valence-electron chi connectivity index (χ2n) is 4.77. The lowest BCUT2D eigenvalue weighted by atomic mass is 10.1. The first-order chi connectivity index (χ1) is 8.75. The summed E-state index contributed by atoms with van der Waals surface area (Å²) in [6, 6.07) is 3.61. The highest BCUT2D eigenvalue weighted by Gasteiger charge is 2.35. The smallest absolute Gasteiger partial charge is 0.268 e. The van der Waals surface area contributed by atoms with Crippen molar-refractivity contribution in [3.8, 4) is 0 Å². The molecule has 3 rings (SSSR count). The van der Waals surface area contributed by atoms with Crippen molar-refractivity contribution >= 4 is 5.91 Å². The van der Waals surface area contributed by atoms with Crippen molar-refractivity contribution in [3.05, 3.63) is 42.2 Å². The largest absolute Gasteiger partial charge is 0.357 e. The van der Waals surface area contributed by atoms with E-state index in [-0.39, 0.29) is 11.9 Å². The molecular formula is C13H16N4O. The molecule has 5 nitrogen and oxygen atoms in total. The normalized spacial score (nSPS) is 16.5. The number of nitrogens with one attached hydrogen (secondary N) is 2. The highest BCUT2D eigenvalue weighted by Crippen LogP contribution is 2.40. The molecule has 94 valence electrons. The molecule has 0 bridgehead atoms. The van der Waals surface area contributed by atoms with Gasteiger partial charge in [0.05, 0.1) is 6.04 Å². The first kappa shape index (κ1) is 11.1. The van der Waals surface area contributed by atoms with Crippen molar-refractivity contribution in [2.45, 2.75) is 18.9 Å². The Kier molecular flexibility index (Phi) is 2.66. The van der Waals surface area contributed by atoms with E-state index in [9.17, 15) is 4.79 Å². The van der Waals surface area contributed by atoms with Crippen LogP contribution < -0.4 is 5.32 Å². The number of carbonyl (C=O) groups excluding carboxylic acids is 1. The summed E-state index contributed by atoms with van der Waals surface area (Å²) in [5, 5.41) is 3.07. The van der Waals surface area contributed by atoms with Gasteiger partial charge in [-0.1, -0.05) is 0 Å². The number of hydrogen-bond acceptors (Lipinski definition) is 2. The first-order valence-corrected chi connectivity index (χ1v) is 6.17. The Balaban J connectivity index is 1.79. The number of hydrogen-bond donors (Lipinski definition) is 2. The molecule has 1 aliphatic rings. The van der Waals surface area contributed by atoms with Crippen LogP contribution in [0.15, 0.2) is 30.7 Å². The van der Waals surface area contributed by atoms with E-state index in [1.54, 1.807) is 18.5 Å². The zero-order chi connectivity index (χ0) is 12.5. The fourth-order valence-corrected chi connectivity index (χ4v) is 2.19. The third-order valence-corrected chi connectivity index (χ3v) is 3.36. The van der Waals surface area contributed by atoms with Gasteiger partial charge in [-0.15, -0.1) is 0 Å². The van der Waals surface area contributed by atoms with Crippen molar-refractivity contribution < 1.29 is 4.79 Å². The SMILES string of the molecule is Cn1ccnc1[C@H](NC(=O)c1ccc[nH]1)C1CC1. The molecule has 0 spiro atoms. The number of aromatic amines is 1. The monoisotopic (exact) mass is 244 g/mol. The fourth-order valence-electron chi connectivity index (χ4n) is 2.19. The number of H-pyrrole nitrogens is 1. The van der Waals surface area contributed by atoms with E-state index < -0.39 is 0 Å². The summed E-state index contributed by atoms with van der Waals surface area (Å²) < 4.78 is 1.97. The van der Waals surface area contributed by atoms with Gasteiger partial charge in [-0.2, -0.15) is 0 Å². The van der Waals surface area contributed by atoms with Crippen LogP contribution in [0.5, 0.6) is 0 Å². The van der Waals surface area contributed by atoms with Crippen LogP contribution in [0.4, 0.5) is 0 Å². The van der Waals surface area contributed by atoms with E-state index in [0.717, 1.165) is 18.7 Å². The van der Waals surface area contributed by atoms with Gasteiger partial charge in [-0.3, -0.25) is 4.79 Å². The Labute approximate surface area is 105 Å². The summed E-state index contributed by atoms with van der Waals surface area (Å²) in [5.41, 5.74) is 0.592. The van der Waals surface area contributed by atoms with E-state index in [1.165, 1.54) is 0 Å². The summed E-state index contributed by atoms with van der Waals surface area (Å²) in [6.45, 7) is 0. The Hall–Kier alpha value is -2.04. The van der Waals surface area contributed by atoms with Gasteiger partial charge in [0, 0.05) is 25.6 Å². The molecule has 1 amide bonds. The lowest BCUT2D eigenvalue weighted by molar-refractivity contribution is 0.0924. The van der Waals surface area contributed by atoms with E-state index >= 15 is 0 Å². The third-order valence-electron chi connectivity index (χ3n) is 3.36. The lowest BCUT2D eigenvalue weighted by Gasteiger charge is -2.17. The van der Waals surface area contributed by atoms with Gasteiger partial charge in [0.2, 0.25) is 0 Å². The summed E-state index contributed by atoms with van der Waals surface area (Å²) in [7, 11) is 1.96. The Morgan fingerprint density at radius 1 is 1.61 bits per heavy atom. The van der Waals surface area contributed by atoms with E-state index in [4.69, 9.17) is 0 Å². The molecule has 2 N–H and O–H groups in total. The number of aryl methyl sites for hydroxylation is 1. The van der Waals surface area contributed by atoms with Crippen molar-refractivity contribution in [2.75, 3.05) is 0 Å². The summed E-state index contributed by atoms with van der Waals surface area (Å²) >= 11 is 0. The van der Waals surface area contributed by atoms with Crippen molar-refractivity contribution in [3.63, 3.8) is 0 Å². The van der Waals surface area contributed by atoms with Crippen LogP contribution in [0.3, 0.4) is 0 Å². The zero-order valence-corrected chi connectivity index (χ0v) is 10.3. The standard InChI is InChI=1S/C13H16N4O/c1-17-8-7-15-12(17)11(9-4-5-9)16-13(18)10-3-2-6-14-10/h2-3,6-9,11,14H,4-5H2,1H3,(H,16,18)/t11-/m1/s1. The number of nitrogens with zero attached hydrogens (tertiary/aromatic N) is 2. The number of aromatic nitrogens is 3. The van der Waals surface area contributed by atoms with Crippen LogP contribution in [0.1, 0.15) is 35.2 Å². The maximum absolute atomic E-state index is 12.1. The van der Waals surface area contributed by atoms with Gasteiger partial charge in [-0.25, -0.2) is 4.98 Å². The summed E-state index contributed by atoms with van der Waals surface area (Å²) in [6.07, 6.45) is 7.74. The number of carbonyl (C=O) groups is 1. The maximum Gasteiger partial charge on any atom is 0.268 e. The number of rotatable bonds is 4. The quantitative estimate of drug-likeness (QED) is 0.858. The third kappa shape index (κ3) is 2.03. The predicted molar refractivity (Wildman–Crippen MR) is 66.9 cm³/mol. The zero-order valence-electron chi connectivity index (χ0n) is 10.3. The average Bonchev–Trinajstić information content (AvgIpc) is 2.88. The van der Waals surface area contributed by atoms with Crippen molar-refractivity contribution in [1.29, 1.82) is 0 Å². The molecule has 0 aromatic carbocycles. The van der Waals surface area contributed by atoms with Crippen molar-refractivity contribution in [2.24, 2.45) is 13.0 Å². The number of amides is 1. The second kappa shape index (κ2) is 4.33. The van der Waals surface area contributed by atoms with Crippen LogP contribution >= 0.6 is 0 Å². The van der Waals surface area contributed by atoms with Gasteiger partial charge in [0.25, 0.3) is 5.91 Å². The average molecular weight is 244 g/mol. The van der Waals surface area contributed by atoms with Crippen LogP contribution in [-0.4, -0.2) is 20.4 Å². The lowest BCUT2D eigenvalue weighted by Crippen LogP contribution is -2.31. The molecule has 1 aliphatic carbocycles. The minimum Gasteiger partial charge on any atom is -0.357 e. The molecule has 1 atom stereocenters. The first-order valence-electron chi connectivity index (χ1n) is 6.17. The molecular weight excluding hydrogens is 228 g/mol. The molecule has 0 saturated heterocycles. The van der Waals surface area contributed by atoms with Gasteiger partial charge < -0.3 is 14.9 Å². The van der Waals surface area contributed by atoms with Crippen LogP contribution in [0, 0.1) is 5.92 Å². The van der Waals surface area contributed by atoms with Gasteiger partial charge >= 0.3 is 0 Å². The highest BCUT2D eigenvalue weighted by atomic mass is 16.2. The molecule has 2 aromatic heterocycles. The van der Waals surface area contributed by atoms with E-state index in [1.807, 2.05) is 23.9 Å². The summed E-state index contributed by atoms with van der Waals surface area (Å²) in [5.74, 6) is 1.38. The van der Waals surface area contributed by atoms with Crippen LogP contribution in [-0.2, 0) is 7.05 Å². The number of imidazole rings is 1. The van der Waals surface area contributed by atoms with Gasteiger partial charge in [-0.05, 0) is 30.9 Å². The van der Waals surface area contributed by atoms with Crippen LogP contribution in [0.2, 0.25) is 0 Å².